The van der Waals surface area contributed by atoms with Gasteiger partial charge in [0.15, 0.2) is 4.87 Å². The van der Waals surface area contributed by atoms with Crippen molar-refractivity contribution in [1.82, 2.24) is 4.98 Å². The van der Waals surface area contributed by atoms with E-state index in [-0.39, 0.29) is 29.4 Å². The lowest BCUT2D eigenvalue weighted by Crippen LogP contribution is -2.47. The van der Waals surface area contributed by atoms with Crippen LogP contribution >= 0.6 is 11.3 Å². The molecule has 0 aliphatic carbocycles. The fourth-order valence-corrected chi connectivity index (χ4v) is 6.60. The van der Waals surface area contributed by atoms with E-state index >= 15 is 0 Å². The summed E-state index contributed by atoms with van der Waals surface area (Å²) >= 11 is 1.26. The zero-order chi connectivity index (χ0) is 26.5. The van der Waals surface area contributed by atoms with Crippen molar-refractivity contribution in [2.75, 3.05) is 11.9 Å². The Hall–Kier alpha value is -3.97. The molecule has 0 aliphatic rings. The summed E-state index contributed by atoms with van der Waals surface area (Å²) in [5.74, 6) is 5.11. The molecule has 2 aromatic carbocycles. The summed E-state index contributed by atoms with van der Waals surface area (Å²) in [6, 6.07) is 21.7. The van der Waals surface area contributed by atoms with E-state index in [9.17, 15) is 13.2 Å². The van der Waals surface area contributed by atoms with Crippen LogP contribution in [0.25, 0.3) is 11.1 Å². The van der Waals surface area contributed by atoms with Gasteiger partial charge in [0.2, 0.25) is 9.84 Å². The van der Waals surface area contributed by atoms with Crippen LogP contribution in [0.1, 0.15) is 23.7 Å². The van der Waals surface area contributed by atoms with Crippen molar-refractivity contribution in [1.29, 1.82) is 0 Å². The number of nitrogens with zero attached hydrogens (tertiary/aromatic N) is 1. The maximum atomic E-state index is 13.8. The largest absolute Gasteiger partial charge is 0.480 e. The summed E-state index contributed by atoms with van der Waals surface area (Å²) in [5.41, 5.74) is 10.4. The molecule has 0 bridgehead atoms. The molecule has 0 amide bonds. The van der Waals surface area contributed by atoms with Gasteiger partial charge in [-0.3, -0.25) is 4.79 Å². The molecule has 0 saturated carbocycles. The van der Waals surface area contributed by atoms with Gasteiger partial charge < -0.3 is 16.2 Å². The highest BCUT2D eigenvalue weighted by Gasteiger charge is 2.44. The van der Waals surface area contributed by atoms with E-state index in [1.165, 1.54) is 17.4 Å². The zero-order valence-corrected chi connectivity index (χ0v) is 21.6. The lowest BCUT2D eigenvalue weighted by atomic mass is 9.98. The van der Waals surface area contributed by atoms with Crippen molar-refractivity contribution in [2.24, 2.45) is 5.73 Å². The van der Waals surface area contributed by atoms with Gasteiger partial charge in [0, 0.05) is 17.4 Å². The predicted octanol–water partition coefficient (Wildman–Crippen LogP) is 4.51. The Labute approximate surface area is 219 Å². The number of rotatable bonds is 9. The number of aliphatic carboxylic acids is 1. The number of aromatic nitrogens is 1. The Morgan fingerprint density at radius 1 is 1.08 bits per heavy atom. The first-order chi connectivity index (χ1) is 17.7. The molecule has 4 rings (SSSR count). The van der Waals surface area contributed by atoms with Gasteiger partial charge in [-0.05, 0) is 59.3 Å². The number of carboxylic acids is 1. The van der Waals surface area contributed by atoms with Gasteiger partial charge in [-0.25, -0.2) is 13.4 Å². The highest BCUT2D eigenvalue weighted by molar-refractivity contribution is 7.92. The van der Waals surface area contributed by atoms with Crippen molar-refractivity contribution >= 4 is 33.0 Å². The number of nitrogens with two attached hydrogens (primary N) is 1. The molecule has 37 heavy (non-hydrogen) atoms. The molecule has 7 nitrogen and oxygen atoms in total. The number of carboxylic acid groups (broad SMARTS) is 1. The first-order valence-corrected chi connectivity index (χ1v) is 13.8. The monoisotopic (exact) mass is 531 g/mol. The first kappa shape index (κ1) is 26.1. The smallest absolute Gasteiger partial charge is 0.322 e. The van der Waals surface area contributed by atoms with Crippen LogP contribution in [0.3, 0.4) is 0 Å². The maximum absolute atomic E-state index is 13.8. The van der Waals surface area contributed by atoms with Crippen LogP contribution in [0.4, 0.5) is 5.82 Å². The third kappa shape index (κ3) is 5.73. The standard InChI is InChI=1S/C28H25N3O4S2/c1-2-5-20-6-3-7-23(16-20)22-12-10-21(11-13-22)17-28(29,37(34,35)24-14-15-36-19-24)25-8-4-9-26(31-25)30-18-27(32)33/h3-4,6-16,19H,17-18,29H2,1H3,(H,30,31)(H,32,33). The molecule has 1 atom stereocenters. The fourth-order valence-electron chi connectivity index (χ4n) is 3.91. The van der Waals surface area contributed by atoms with E-state index in [1.807, 2.05) is 48.5 Å². The molecule has 2 heterocycles. The van der Waals surface area contributed by atoms with Crippen molar-refractivity contribution in [3.63, 3.8) is 0 Å². The van der Waals surface area contributed by atoms with E-state index in [4.69, 9.17) is 10.8 Å². The van der Waals surface area contributed by atoms with Crippen molar-refractivity contribution in [3.8, 4) is 23.0 Å². The average molecular weight is 532 g/mol. The van der Waals surface area contributed by atoms with Crippen LogP contribution in [0.2, 0.25) is 0 Å². The molecule has 0 radical (unpaired) electrons. The summed E-state index contributed by atoms with van der Waals surface area (Å²) in [6.45, 7) is 1.43. The molecule has 0 saturated heterocycles. The second-order valence-corrected chi connectivity index (χ2v) is 11.3. The summed E-state index contributed by atoms with van der Waals surface area (Å²) < 4.78 is 27.6. The average Bonchev–Trinajstić information content (AvgIpc) is 3.44. The Morgan fingerprint density at radius 2 is 1.84 bits per heavy atom. The normalized spacial score (nSPS) is 12.7. The summed E-state index contributed by atoms with van der Waals surface area (Å²) in [5, 5.41) is 14.9. The Kier molecular flexibility index (Phi) is 7.74. The highest BCUT2D eigenvalue weighted by atomic mass is 32.2. The summed E-state index contributed by atoms with van der Waals surface area (Å²) in [7, 11) is -4.06. The van der Waals surface area contributed by atoms with E-state index in [0.29, 0.717) is 5.56 Å². The first-order valence-electron chi connectivity index (χ1n) is 11.3. The molecule has 9 heteroatoms. The number of pyridine rings is 1. The minimum atomic E-state index is -4.06. The van der Waals surface area contributed by atoms with E-state index in [2.05, 4.69) is 22.1 Å². The number of thiophene rings is 1. The highest BCUT2D eigenvalue weighted by Crippen LogP contribution is 2.35. The molecule has 0 spiro atoms. The van der Waals surface area contributed by atoms with Crippen molar-refractivity contribution in [2.45, 2.75) is 23.1 Å². The van der Waals surface area contributed by atoms with E-state index in [0.717, 1.165) is 16.7 Å². The van der Waals surface area contributed by atoms with Crippen LogP contribution in [-0.4, -0.2) is 31.0 Å². The molecule has 0 fully saturated rings. The number of hydrogen-bond donors (Lipinski definition) is 3. The van der Waals surface area contributed by atoms with Gasteiger partial charge in [-0.1, -0.05) is 48.4 Å². The van der Waals surface area contributed by atoms with Gasteiger partial charge >= 0.3 is 5.97 Å². The molecule has 4 aromatic rings. The van der Waals surface area contributed by atoms with Gasteiger partial charge in [-0.2, -0.15) is 11.3 Å². The van der Waals surface area contributed by atoms with E-state index < -0.39 is 20.7 Å². The topological polar surface area (TPSA) is 122 Å². The molecular formula is C28H25N3O4S2. The lowest BCUT2D eigenvalue weighted by molar-refractivity contribution is -0.134. The second-order valence-electron chi connectivity index (χ2n) is 8.34. The van der Waals surface area contributed by atoms with Crippen molar-refractivity contribution < 1.29 is 18.3 Å². The summed E-state index contributed by atoms with van der Waals surface area (Å²) in [6.07, 6.45) is -0.0395. The fraction of sp³-hybridized carbons (Fsp3) is 0.143. The number of nitrogens with one attached hydrogen (secondary N) is 1. The van der Waals surface area contributed by atoms with Gasteiger partial charge in [-0.15, -0.1) is 5.92 Å². The predicted molar refractivity (Wildman–Crippen MR) is 146 cm³/mol. The Morgan fingerprint density at radius 3 is 2.51 bits per heavy atom. The Balaban J connectivity index is 1.72. The third-order valence-electron chi connectivity index (χ3n) is 5.77. The molecule has 188 valence electrons. The third-order valence-corrected chi connectivity index (χ3v) is 8.79. The molecule has 2 aromatic heterocycles. The molecule has 0 aliphatic heterocycles. The van der Waals surface area contributed by atoms with Gasteiger partial charge in [0.25, 0.3) is 0 Å². The quantitative estimate of drug-likeness (QED) is 0.272. The minimum Gasteiger partial charge on any atom is -0.480 e. The van der Waals surface area contributed by atoms with E-state index in [1.54, 1.807) is 35.9 Å². The number of sulfone groups is 1. The molecular weight excluding hydrogens is 506 g/mol. The molecule has 4 N–H and O–H groups in total. The molecule has 1 unspecified atom stereocenters. The number of carbonyl (C=O) groups is 1. The SMILES string of the molecule is CC#Cc1cccc(-c2ccc(CC(N)(c3cccc(NCC(=O)O)n3)S(=O)(=O)c3ccsc3)cc2)c1. The number of benzene rings is 2. The van der Waals surface area contributed by atoms with Crippen LogP contribution in [0.15, 0.2) is 88.5 Å². The second kappa shape index (κ2) is 11.0. The Bertz CT molecular complexity index is 1570. The lowest BCUT2D eigenvalue weighted by Gasteiger charge is -2.29. The van der Waals surface area contributed by atoms with Gasteiger partial charge in [0.1, 0.15) is 12.4 Å². The summed E-state index contributed by atoms with van der Waals surface area (Å²) in [4.78, 5) is 13.6. The zero-order valence-electron chi connectivity index (χ0n) is 20.0. The maximum Gasteiger partial charge on any atom is 0.322 e. The van der Waals surface area contributed by atoms with Crippen LogP contribution < -0.4 is 11.1 Å². The van der Waals surface area contributed by atoms with Crippen LogP contribution in [-0.2, 0) is 25.9 Å². The van der Waals surface area contributed by atoms with Crippen molar-refractivity contribution in [3.05, 3.63) is 100 Å². The van der Waals surface area contributed by atoms with Gasteiger partial charge in [0.05, 0.1) is 10.6 Å². The number of hydrogen-bond acceptors (Lipinski definition) is 7. The van der Waals surface area contributed by atoms with Crippen LogP contribution in [0.5, 0.6) is 0 Å². The van der Waals surface area contributed by atoms with Crippen LogP contribution in [0, 0.1) is 11.8 Å². The minimum absolute atomic E-state index is 0.0395. The number of anilines is 1.